The third kappa shape index (κ3) is 4.19. The molecule has 0 saturated carbocycles. The molecule has 1 fully saturated rings. The van der Waals surface area contributed by atoms with E-state index in [1.807, 2.05) is 51.1 Å². The van der Waals surface area contributed by atoms with Crippen molar-refractivity contribution >= 4 is 27.7 Å². The number of hydrogen-bond donors (Lipinski definition) is 0. The monoisotopic (exact) mass is 472 g/mol. The first-order valence-corrected chi connectivity index (χ1v) is 12.7. The van der Waals surface area contributed by atoms with Crippen LogP contribution in [0.1, 0.15) is 44.7 Å². The van der Waals surface area contributed by atoms with Crippen molar-refractivity contribution in [2.24, 2.45) is 0 Å². The molecule has 0 atom stereocenters. The molecule has 9 nitrogen and oxygen atoms in total. The summed E-state index contributed by atoms with van der Waals surface area (Å²) >= 11 is 0. The van der Waals surface area contributed by atoms with Gasteiger partial charge in [0.15, 0.2) is 0 Å². The number of aromatic nitrogens is 2. The summed E-state index contributed by atoms with van der Waals surface area (Å²) in [4.78, 5) is 37.8. The van der Waals surface area contributed by atoms with Gasteiger partial charge in [-0.15, -0.1) is 0 Å². The van der Waals surface area contributed by atoms with Gasteiger partial charge in [0.1, 0.15) is 12.4 Å². The lowest BCUT2D eigenvalue weighted by Crippen LogP contribution is -2.53. The van der Waals surface area contributed by atoms with Gasteiger partial charge in [0.2, 0.25) is 20.9 Å². The topological polar surface area (TPSA) is 110 Å². The lowest BCUT2D eigenvalue weighted by molar-refractivity contribution is -0.125. The molecule has 10 heteroatoms. The van der Waals surface area contributed by atoms with Crippen LogP contribution in [0, 0.1) is 0 Å². The molecule has 1 saturated heterocycles. The Labute approximate surface area is 193 Å². The van der Waals surface area contributed by atoms with E-state index in [2.05, 4.69) is 9.97 Å². The number of rotatable bonds is 3. The van der Waals surface area contributed by atoms with Crippen LogP contribution in [0.2, 0.25) is 0 Å². The molecule has 176 valence electrons. The first-order valence-electron chi connectivity index (χ1n) is 10.8. The number of piperidine rings is 1. The number of carbonyl (C=O) groups excluding carboxylic acids is 2. The van der Waals surface area contributed by atoms with E-state index in [1.165, 1.54) is 6.20 Å². The van der Waals surface area contributed by atoms with Crippen LogP contribution in [0.25, 0.3) is 0 Å². The molecule has 3 heterocycles. The van der Waals surface area contributed by atoms with Gasteiger partial charge in [-0.2, -0.15) is 0 Å². The normalized spacial score (nSPS) is 17.9. The summed E-state index contributed by atoms with van der Waals surface area (Å²) in [5, 5.41) is -0.303. The van der Waals surface area contributed by atoms with Crippen molar-refractivity contribution in [1.82, 2.24) is 14.9 Å². The summed E-state index contributed by atoms with van der Waals surface area (Å²) in [6.07, 6.45) is 2.85. The van der Waals surface area contributed by atoms with Gasteiger partial charge >= 0.3 is 6.09 Å². The molecule has 33 heavy (non-hydrogen) atoms. The number of sulfone groups is 1. The van der Waals surface area contributed by atoms with Crippen molar-refractivity contribution in [3.63, 3.8) is 0 Å². The highest BCUT2D eigenvalue weighted by Gasteiger charge is 2.56. The first kappa shape index (κ1) is 23.2. The molecule has 0 N–H and O–H groups in total. The molecule has 1 spiro atoms. The Bertz CT molecular complexity index is 1180. The van der Waals surface area contributed by atoms with Crippen molar-refractivity contribution in [2.45, 2.75) is 56.3 Å². The third-order valence-electron chi connectivity index (χ3n) is 6.17. The second-order valence-corrected chi connectivity index (χ2v) is 11.5. The Kier molecular flexibility index (Phi) is 5.68. The molecular weight excluding hydrogens is 444 g/mol. The average Bonchev–Trinajstić information content (AvgIpc) is 3.00. The smallest absolute Gasteiger partial charge is 0.410 e. The zero-order valence-corrected chi connectivity index (χ0v) is 20.1. The molecule has 1 aromatic carbocycles. The Morgan fingerprint density at radius 2 is 1.79 bits per heavy atom. The second kappa shape index (κ2) is 8.09. The molecule has 2 aromatic rings. The zero-order valence-electron chi connectivity index (χ0n) is 19.2. The van der Waals surface area contributed by atoms with Gasteiger partial charge in [0.05, 0.1) is 5.41 Å². The summed E-state index contributed by atoms with van der Waals surface area (Å²) < 4.78 is 29.5. The van der Waals surface area contributed by atoms with E-state index in [9.17, 15) is 18.0 Å². The summed E-state index contributed by atoms with van der Waals surface area (Å²) in [5.74, 6) is 0.199. The second-order valence-electron chi connectivity index (χ2n) is 9.58. The van der Waals surface area contributed by atoms with Crippen LogP contribution >= 0.6 is 0 Å². The Hall–Kier alpha value is -3.01. The van der Waals surface area contributed by atoms with Crippen LogP contribution in [-0.2, 0) is 31.4 Å². The van der Waals surface area contributed by atoms with Crippen LogP contribution in [0.3, 0.4) is 0 Å². The van der Waals surface area contributed by atoms with E-state index < -0.39 is 26.9 Å². The number of hydrogen-bond acceptors (Lipinski definition) is 7. The van der Waals surface area contributed by atoms with E-state index in [4.69, 9.17) is 4.74 Å². The molecule has 2 amide bonds. The van der Waals surface area contributed by atoms with E-state index in [0.717, 1.165) is 11.8 Å². The Balaban J connectivity index is 1.57. The minimum Gasteiger partial charge on any atom is -0.445 e. The summed E-state index contributed by atoms with van der Waals surface area (Å²) in [7, 11) is -3.63. The lowest BCUT2D eigenvalue weighted by Gasteiger charge is -2.39. The number of amides is 2. The molecule has 0 unspecified atom stereocenters. The molecule has 2 aliphatic rings. The Morgan fingerprint density at radius 1 is 1.15 bits per heavy atom. The SMILES string of the molecule is CC(C)(C)N1C(=O)C2(CCN(C(=O)OCc3ccccc3)CC2)c2cnc(S(C)(=O)=O)nc21. The molecule has 4 rings (SSSR count). The molecule has 0 bridgehead atoms. The van der Waals surface area contributed by atoms with Crippen molar-refractivity contribution in [3.05, 3.63) is 47.7 Å². The van der Waals surface area contributed by atoms with E-state index >= 15 is 0 Å². The fourth-order valence-electron chi connectivity index (χ4n) is 4.46. The van der Waals surface area contributed by atoms with Gasteiger partial charge in [-0.25, -0.2) is 23.2 Å². The maximum Gasteiger partial charge on any atom is 0.410 e. The average molecular weight is 473 g/mol. The highest BCUT2D eigenvalue weighted by molar-refractivity contribution is 7.90. The first-order chi connectivity index (χ1) is 15.4. The fourth-order valence-corrected chi connectivity index (χ4v) is 4.95. The molecule has 0 radical (unpaired) electrons. The van der Waals surface area contributed by atoms with Crippen molar-refractivity contribution < 1.29 is 22.7 Å². The maximum atomic E-state index is 13.7. The van der Waals surface area contributed by atoms with E-state index in [0.29, 0.717) is 37.3 Å². The zero-order chi connectivity index (χ0) is 24.0. The van der Waals surface area contributed by atoms with Crippen LogP contribution in [0.5, 0.6) is 0 Å². The highest BCUT2D eigenvalue weighted by Crippen LogP contribution is 2.49. The predicted molar refractivity (Wildman–Crippen MR) is 121 cm³/mol. The van der Waals surface area contributed by atoms with Crippen molar-refractivity contribution in [1.29, 1.82) is 0 Å². The molecule has 1 aromatic heterocycles. The number of likely N-dealkylation sites (tertiary alicyclic amines) is 1. The number of carbonyl (C=O) groups is 2. The number of anilines is 1. The molecule has 2 aliphatic heterocycles. The highest BCUT2D eigenvalue weighted by atomic mass is 32.2. The molecule has 0 aliphatic carbocycles. The van der Waals surface area contributed by atoms with Crippen LogP contribution in [0.4, 0.5) is 10.6 Å². The van der Waals surface area contributed by atoms with Crippen molar-refractivity contribution in [3.8, 4) is 0 Å². The summed E-state index contributed by atoms with van der Waals surface area (Å²) in [6, 6.07) is 9.44. The quantitative estimate of drug-likeness (QED) is 0.632. The van der Waals surface area contributed by atoms with Gasteiger partial charge in [-0.1, -0.05) is 30.3 Å². The fraction of sp³-hybridized carbons (Fsp3) is 0.478. The number of fused-ring (bicyclic) bond motifs is 2. The summed E-state index contributed by atoms with van der Waals surface area (Å²) in [5.41, 5.74) is 0.0185. The van der Waals surface area contributed by atoms with Gasteiger partial charge in [-0.05, 0) is 39.2 Å². The van der Waals surface area contributed by atoms with Gasteiger partial charge < -0.3 is 9.64 Å². The summed E-state index contributed by atoms with van der Waals surface area (Å²) in [6.45, 7) is 6.50. The number of benzene rings is 1. The third-order valence-corrected chi connectivity index (χ3v) is 7.03. The van der Waals surface area contributed by atoms with Crippen LogP contribution < -0.4 is 4.90 Å². The van der Waals surface area contributed by atoms with E-state index in [-0.39, 0.29) is 17.7 Å². The lowest BCUT2D eigenvalue weighted by atomic mass is 9.74. The number of nitrogens with zero attached hydrogens (tertiary/aromatic N) is 4. The minimum absolute atomic E-state index is 0.137. The van der Waals surface area contributed by atoms with Crippen LogP contribution in [-0.4, -0.2) is 60.2 Å². The van der Waals surface area contributed by atoms with Gasteiger partial charge in [-0.3, -0.25) is 9.69 Å². The standard InChI is InChI=1S/C23H28N4O5S/c1-22(2,3)27-18-17(14-24-20(25-18)33(4,30)31)23(19(27)28)10-12-26(13-11-23)21(29)32-15-16-8-6-5-7-9-16/h5-9,14H,10-13,15H2,1-4H3. The largest absolute Gasteiger partial charge is 0.445 e. The van der Waals surface area contributed by atoms with Crippen molar-refractivity contribution in [2.75, 3.05) is 24.2 Å². The predicted octanol–water partition coefficient (Wildman–Crippen LogP) is 2.70. The van der Waals surface area contributed by atoms with Gasteiger partial charge in [0.25, 0.3) is 0 Å². The maximum absolute atomic E-state index is 13.7. The van der Waals surface area contributed by atoms with Gasteiger partial charge in [0, 0.05) is 36.6 Å². The van der Waals surface area contributed by atoms with E-state index in [1.54, 1.807) is 9.80 Å². The number of ether oxygens (including phenoxy) is 1. The molecular formula is C23H28N4O5S. The minimum atomic E-state index is -3.63. The van der Waals surface area contributed by atoms with Crippen LogP contribution in [0.15, 0.2) is 41.7 Å². The Morgan fingerprint density at radius 3 is 2.36 bits per heavy atom.